The van der Waals surface area contributed by atoms with E-state index < -0.39 is 0 Å². The largest absolute Gasteiger partial charge is 0.493 e. The van der Waals surface area contributed by atoms with Crippen molar-refractivity contribution in [2.45, 2.75) is 39.5 Å². The van der Waals surface area contributed by atoms with E-state index in [0.717, 1.165) is 48.7 Å². The smallest absolute Gasteiger partial charge is 0.161 e. The first-order valence-electron chi connectivity index (χ1n) is 9.88. The molecule has 0 radical (unpaired) electrons. The summed E-state index contributed by atoms with van der Waals surface area (Å²) in [5, 5.41) is 4.90. The van der Waals surface area contributed by atoms with E-state index in [1.54, 1.807) is 28.4 Å². The van der Waals surface area contributed by atoms with Crippen LogP contribution >= 0.6 is 0 Å². The minimum atomic E-state index is 0.759. The van der Waals surface area contributed by atoms with Crippen molar-refractivity contribution in [3.63, 3.8) is 0 Å². The van der Waals surface area contributed by atoms with Gasteiger partial charge in [-0.25, -0.2) is 0 Å². The zero-order valence-electron chi connectivity index (χ0n) is 17.8. The van der Waals surface area contributed by atoms with E-state index in [1.165, 1.54) is 32.7 Å². The average molecular weight is 383 g/mol. The molecule has 0 saturated heterocycles. The quantitative estimate of drug-likeness (QED) is 0.452. The summed E-state index contributed by atoms with van der Waals surface area (Å²) in [7, 11) is 6.74. The van der Waals surface area contributed by atoms with Gasteiger partial charge >= 0.3 is 0 Å². The Hall–Kier alpha value is -2.62. The number of fused-ring (bicyclic) bond motifs is 2. The molecule has 3 aromatic carbocycles. The molecule has 0 unspecified atom stereocenters. The molecular formula is C24H30O4. The highest BCUT2D eigenvalue weighted by Gasteiger charge is 2.19. The monoisotopic (exact) mass is 382 g/mol. The van der Waals surface area contributed by atoms with E-state index in [0.29, 0.717) is 0 Å². The van der Waals surface area contributed by atoms with Crippen LogP contribution in [0.25, 0.3) is 21.5 Å². The molecule has 0 aromatic heterocycles. The van der Waals surface area contributed by atoms with Gasteiger partial charge in [-0.05, 0) is 69.8 Å². The van der Waals surface area contributed by atoms with Crippen LogP contribution in [0, 0.1) is 0 Å². The van der Waals surface area contributed by atoms with Crippen LogP contribution in [0.5, 0.6) is 23.0 Å². The molecule has 4 heteroatoms. The zero-order chi connectivity index (χ0) is 20.3. The Kier molecular flexibility index (Phi) is 6.18. The number of benzene rings is 3. The highest BCUT2D eigenvalue weighted by atomic mass is 16.5. The summed E-state index contributed by atoms with van der Waals surface area (Å²) in [5.41, 5.74) is 2.63. The molecule has 4 nitrogen and oxygen atoms in total. The van der Waals surface area contributed by atoms with Gasteiger partial charge in [0.05, 0.1) is 28.4 Å². The second-order valence-electron chi connectivity index (χ2n) is 6.96. The summed E-state index contributed by atoms with van der Waals surface area (Å²) in [4.78, 5) is 0. The molecule has 28 heavy (non-hydrogen) atoms. The predicted molar refractivity (Wildman–Crippen MR) is 116 cm³/mol. The number of rotatable bonds is 8. The lowest BCUT2D eigenvalue weighted by molar-refractivity contribution is 0.355. The van der Waals surface area contributed by atoms with Crippen LogP contribution in [0.2, 0.25) is 0 Å². The van der Waals surface area contributed by atoms with Gasteiger partial charge in [-0.15, -0.1) is 0 Å². The van der Waals surface area contributed by atoms with Gasteiger partial charge < -0.3 is 18.9 Å². The Morgan fingerprint density at radius 3 is 0.929 bits per heavy atom. The molecule has 0 aliphatic rings. The average Bonchev–Trinajstić information content (AvgIpc) is 2.73. The summed E-state index contributed by atoms with van der Waals surface area (Å²) >= 11 is 0. The second kappa shape index (κ2) is 8.59. The zero-order valence-corrected chi connectivity index (χ0v) is 17.8. The molecule has 0 bridgehead atoms. The number of methoxy groups -OCH3 is 4. The molecular weight excluding hydrogens is 352 g/mol. The first-order valence-corrected chi connectivity index (χ1v) is 9.88. The summed E-state index contributed by atoms with van der Waals surface area (Å²) < 4.78 is 22.4. The highest BCUT2D eigenvalue weighted by Crippen LogP contribution is 2.43. The lowest BCUT2D eigenvalue weighted by atomic mass is 9.87. The van der Waals surface area contributed by atoms with Gasteiger partial charge in [0.15, 0.2) is 23.0 Å². The lowest BCUT2D eigenvalue weighted by Crippen LogP contribution is -2.00. The van der Waals surface area contributed by atoms with E-state index in [4.69, 9.17) is 18.9 Å². The molecule has 0 heterocycles. The topological polar surface area (TPSA) is 36.9 Å². The SMILES string of the molecule is CCCc1c2cc(OC)c(OC)cc2c(CCC)c2cc(OC)c(OC)cc12. The van der Waals surface area contributed by atoms with Crippen molar-refractivity contribution >= 4 is 21.5 Å². The molecule has 0 fully saturated rings. The van der Waals surface area contributed by atoms with Crippen LogP contribution in [0.3, 0.4) is 0 Å². The van der Waals surface area contributed by atoms with E-state index in [9.17, 15) is 0 Å². The molecule has 3 aromatic rings. The standard InChI is InChI=1S/C24H30O4/c1-7-9-15-17-11-21(25-3)23(27-5)13-19(17)16(10-8-2)20-14-24(28-6)22(26-4)12-18(15)20/h11-14H,7-10H2,1-6H3. The number of hydrogen-bond acceptors (Lipinski definition) is 4. The third kappa shape index (κ3) is 3.32. The van der Waals surface area contributed by atoms with Crippen molar-refractivity contribution in [3.8, 4) is 23.0 Å². The number of ether oxygens (including phenoxy) is 4. The van der Waals surface area contributed by atoms with Gasteiger partial charge in [-0.2, -0.15) is 0 Å². The summed E-state index contributed by atoms with van der Waals surface area (Å²) in [6, 6.07) is 8.48. The fourth-order valence-corrected chi connectivity index (χ4v) is 4.09. The van der Waals surface area contributed by atoms with Crippen LogP contribution in [-0.4, -0.2) is 28.4 Å². The molecule has 0 spiro atoms. The molecule has 3 rings (SSSR count). The summed E-state index contributed by atoms with van der Waals surface area (Å²) in [6.07, 6.45) is 4.06. The Balaban J connectivity index is 2.54. The molecule has 0 amide bonds. The molecule has 0 aliphatic heterocycles. The van der Waals surface area contributed by atoms with Crippen molar-refractivity contribution in [2.24, 2.45) is 0 Å². The summed E-state index contributed by atoms with van der Waals surface area (Å²) in [6.45, 7) is 4.41. The maximum absolute atomic E-state index is 5.60. The third-order valence-corrected chi connectivity index (χ3v) is 5.35. The maximum Gasteiger partial charge on any atom is 0.161 e. The third-order valence-electron chi connectivity index (χ3n) is 5.35. The Morgan fingerprint density at radius 2 is 0.750 bits per heavy atom. The normalized spacial score (nSPS) is 11.1. The van der Waals surface area contributed by atoms with E-state index in [2.05, 4.69) is 38.1 Å². The van der Waals surface area contributed by atoms with Crippen LogP contribution < -0.4 is 18.9 Å². The van der Waals surface area contributed by atoms with Gasteiger partial charge in [0.2, 0.25) is 0 Å². The van der Waals surface area contributed by atoms with Crippen LogP contribution in [0.1, 0.15) is 37.8 Å². The van der Waals surface area contributed by atoms with Crippen LogP contribution in [-0.2, 0) is 12.8 Å². The number of aryl methyl sites for hydroxylation is 2. The Labute approximate surface area is 167 Å². The van der Waals surface area contributed by atoms with Crippen LogP contribution in [0.15, 0.2) is 24.3 Å². The van der Waals surface area contributed by atoms with Gasteiger partial charge in [0, 0.05) is 0 Å². The van der Waals surface area contributed by atoms with Gasteiger partial charge in [-0.1, -0.05) is 26.7 Å². The minimum Gasteiger partial charge on any atom is -0.493 e. The van der Waals surface area contributed by atoms with Gasteiger partial charge in [-0.3, -0.25) is 0 Å². The van der Waals surface area contributed by atoms with Crippen molar-refractivity contribution in [3.05, 3.63) is 35.4 Å². The van der Waals surface area contributed by atoms with Crippen molar-refractivity contribution in [1.82, 2.24) is 0 Å². The Bertz CT molecular complexity index is 838. The molecule has 0 N–H and O–H groups in total. The fourth-order valence-electron chi connectivity index (χ4n) is 4.09. The number of hydrogen-bond donors (Lipinski definition) is 0. The van der Waals surface area contributed by atoms with E-state index in [1.807, 2.05) is 0 Å². The lowest BCUT2D eigenvalue weighted by Gasteiger charge is -2.20. The first kappa shape index (κ1) is 20.1. The summed E-state index contributed by atoms with van der Waals surface area (Å²) in [5.74, 6) is 3.04. The first-order chi connectivity index (χ1) is 13.6. The second-order valence-corrected chi connectivity index (χ2v) is 6.96. The predicted octanol–water partition coefficient (Wildman–Crippen LogP) is 5.93. The van der Waals surface area contributed by atoms with Crippen LogP contribution in [0.4, 0.5) is 0 Å². The maximum atomic E-state index is 5.60. The Morgan fingerprint density at radius 1 is 0.500 bits per heavy atom. The van der Waals surface area contributed by atoms with Gasteiger partial charge in [0.25, 0.3) is 0 Å². The van der Waals surface area contributed by atoms with Crippen molar-refractivity contribution < 1.29 is 18.9 Å². The highest BCUT2D eigenvalue weighted by molar-refractivity contribution is 6.08. The molecule has 0 aliphatic carbocycles. The van der Waals surface area contributed by atoms with Crippen molar-refractivity contribution in [1.29, 1.82) is 0 Å². The van der Waals surface area contributed by atoms with Gasteiger partial charge in [0.1, 0.15) is 0 Å². The van der Waals surface area contributed by atoms with Crippen molar-refractivity contribution in [2.75, 3.05) is 28.4 Å². The van der Waals surface area contributed by atoms with E-state index in [-0.39, 0.29) is 0 Å². The van der Waals surface area contributed by atoms with E-state index >= 15 is 0 Å². The molecule has 150 valence electrons. The molecule has 0 saturated carbocycles. The molecule has 0 atom stereocenters. The fraction of sp³-hybridized carbons (Fsp3) is 0.417. The minimum absolute atomic E-state index is 0.759.